The van der Waals surface area contributed by atoms with E-state index in [0.29, 0.717) is 11.6 Å². The van der Waals surface area contributed by atoms with Gasteiger partial charge in [0.25, 0.3) is 0 Å². The Morgan fingerprint density at radius 1 is 1.29 bits per heavy atom. The summed E-state index contributed by atoms with van der Waals surface area (Å²) < 4.78 is 0. The number of nitrogen functional groups attached to an aromatic ring is 1. The van der Waals surface area contributed by atoms with Crippen LogP contribution in [0.15, 0.2) is 12.3 Å². The highest BCUT2D eigenvalue weighted by Crippen LogP contribution is 2.24. The second-order valence-corrected chi connectivity index (χ2v) is 4.20. The summed E-state index contributed by atoms with van der Waals surface area (Å²) in [7, 11) is 0. The Morgan fingerprint density at radius 3 is 2.64 bits per heavy atom. The fraction of sp³-hybridized carbons (Fsp3) is 0.222. The Hall–Kier alpha value is -1.49. The van der Waals surface area contributed by atoms with Crippen LogP contribution in [0.4, 0.5) is 5.82 Å². The minimum absolute atomic E-state index is 0.499. The molecule has 0 saturated heterocycles. The van der Waals surface area contributed by atoms with E-state index in [1.165, 1.54) is 0 Å². The van der Waals surface area contributed by atoms with Crippen LogP contribution in [0.2, 0.25) is 0 Å². The standard InChI is InChI=1S/C9H10N4S/c1-5-12-7(3-9(10)13-5)8-4-11-6(2)14-8/h3-4H,1-2H3,(H2,10,12,13). The van der Waals surface area contributed by atoms with Crippen molar-refractivity contribution in [1.29, 1.82) is 0 Å². The van der Waals surface area contributed by atoms with Crippen molar-refractivity contribution in [2.75, 3.05) is 5.73 Å². The molecule has 0 radical (unpaired) electrons. The van der Waals surface area contributed by atoms with Crippen molar-refractivity contribution in [2.45, 2.75) is 13.8 Å². The van der Waals surface area contributed by atoms with Crippen LogP contribution in [-0.2, 0) is 0 Å². The molecule has 0 saturated carbocycles. The molecule has 0 aliphatic carbocycles. The predicted octanol–water partition coefficient (Wildman–Crippen LogP) is 1.80. The van der Waals surface area contributed by atoms with Crippen molar-refractivity contribution in [3.05, 3.63) is 23.1 Å². The Labute approximate surface area is 85.9 Å². The summed E-state index contributed by atoms with van der Waals surface area (Å²) >= 11 is 1.60. The van der Waals surface area contributed by atoms with Gasteiger partial charge in [-0.05, 0) is 13.8 Å². The highest BCUT2D eigenvalue weighted by Gasteiger charge is 2.05. The van der Waals surface area contributed by atoms with Gasteiger partial charge in [0, 0.05) is 12.3 Å². The zero-order valence-electron chi connectivity index (χ0n) is 7.98. The molecule has 72 valence electrons. The summed E-state index contributed by atoms with van der Waals surface area (Å²) in [5, 5.41) is 1.02. The molecule has 2 rings (SSSR count). The first-order chi connectivity index (χ1) is 6.65. The maximum atomic E-state index is 5.64. The lowest BCUT2D eigenvalue weighted by Crippen LogP contribution is -1.96. The molecular weight excluding hydrogens is 196 g/mol. The summed E-state index contributed by atoms with van der Waals surface area (Å²) in [5.41, 5.74) is 6.48. The molecule has 0 bridgehead atoms. The molecule has 14 heavy (non-hydrogen) atoms. The van der Waals surface area contributed by atoms with Crippen LogP contribution in [0, 0.1) is 13.8 Å². The molecule has 2 aromatic rings. The van der Waals surface area contributed by atoms with Crippen LogP contribution in [0.1, 0.15) is 10.8 Å². The lowest BCUT2D eigenvalue weighted by atomic mass is 10.3. The Bertz CT molecular complexity index is 443. The first-order valence-electron chi connectivity index (χ1n) is 4.19. The number of anilines is 1. The van der Waals surface area contributed by atoms with Gasteiger partial charge in [0.05, 0.1) is 15.6 Å². The lowest BCUT2D eigenvalue weighted by Gasteiger charge is -1.99. The van der Waals surface area contributed by atoms with E-state index < -0.39 is 0 Å². The number of aromatic nitrogens is 3. The van der Waals surface area contributed by atoms with E-state index in [2.05, 4.69) is 15.0 Å². The van der Waals surface area contributed by atoms with Crippen molar-refractivity contribution in [1.82, 2.24) is 15.0 Å². The molecule has 2 aromatic heterocycles. The predicted molar refractivity (Wildman–Crippen MR) is 57.0 cm³/mol. The van der Waals surface area contributed by atoms with Gasteiger partial charge in [-0.3, -0.25) is 0 Å². The van der Waals surface area contributed by atoms with Gasteiger partial charge in [0.15, 0.2) is 0 Å². The maximum absolute atomic E-state index is 5.64. The van der Waals surface area contributed by atoms with Gasteiger partial charge in [-0.25, -0.2) is 15.0 Å². The monoisotopic (exact) mass is 206 g/mol. The van der Waals surface area contributed by atoms with Crippen molar-refractivity contribution in [3.8, 4) is 10.6 Å². The third-order valence-corrected chi connectivity index (χ3v) is 2.67. The molecule has 0 aromatic carbocycles. The van der Waals surface area contributed by atoms with Crippen LogP contribution < -0.4 is 5.73 Å². The van der Waals surface area contributed by atoms with Gasteiger partial charge in [-0.15, -0.1) is 11.3 Å². The van der Waals surface area contributed by atoms with Gasteiger partial charge >= 0.3 is 0 Å². The normalized spacial score (nSPS) is 10.4. The molecular formula is C9H10N4S. The second kappa shape index (κ2) is 3.34. The van der Waals surface area contributed by atoms with E-state index in [1.807, 2.05) is 13.8 Å². The SMILES string of the molecule is Cc1nc(N)cc(-c2cnc(C)s2)n1. The molecule has 0 fully saturated rings. The van der Waals surface area contributed by atoms with Gasteiger partial charge < -0.3 is 5.73 Å². The van der Waals surface area contributed by atoms with Crippen LogP contribution in [0.5, 0.6) is 0 Å². The van der Waals surface area contributed by atoms with Crippen LogP contribution in [0.25, 0.3) is 10.6 Å². The zero-order chi connectivity index (χ0) is 10.1. The van der Waals surface area contributed by atoms with E-state index in [9.17, 15) is 0 Å². The summed E-state index contributed by atoms with van der Waals surface area (Å²) in [6.07, 6.45) is 1.81. The van der Waals surface area contributed by atoms with E-state index in [-0.39, 0.29) is 0 Å². The molecule has 2 N–H and O–H groups in total. The molecule has 0 aliphatic heterocycles. The summed E-state index contributed by atoms with van der Waals surface area (Å²) in [5.74, 6) is 1.18. The molecule has 0 atom stereocenters. The first kappa shape index (κ1) is 9.08. The smallest absolute Gasteiger partial charge is 0.128 e. The number of nitrogens with zero attached hydrogens (tertiary/aromatic N) is 3. The molecule has 0 amide bonds. The number of hydrogen-bond donors (Lipinski definition) is 1. The fourth-order valence-corrected chi connectivity index (χ4v) is 1.94. The molecule has 0 spiro atoms. The van der Waals surface area contributed by atoms with Gasteiger partial charge in [-0.1, -0.05) is 0 Å². The van der Waals surface area contributed by atoms with E-state index >= 15 is 0 Å². The molecule has 5 heteroatoms. The summed E-state index contributed by atoms with van der Waals surface area (Å²) in [6.45, 7) is 3.79. The van der Waals surface area contributed by atoms with Crippen LogP contribution in [-0.4, -0.2) is 15.0 Å². The first-order valence-corrected chi connectivity index (χ1v) is 5.01. The third kappa shape index (κ3) is 1.72. The molecule has 0 unspecified atom stereocenters. The van der Waals surface area contributed by atoms with E-state index in [1.54, 1.807) is 23.6 Å². The Morgan fingerprint density at radius 2 is 2.07 bits per heavy atom. The van der Waals surface area contributed by atoms with Gasteiger partial charge in [-0.2, -0.15) is 0 Å². The second-order valence-electron chi connectivity index (χ2n) is 2.97. The zero-order valence-corrected chi connectivity index (χ0v) is 8.80. The maximum Gasteiger partial charge on any atom is 0.128 e. The number of aryl methyl sites for hydroxylation is 2. The fourth-order valence-electron chi connectivity index (χ4n) is 1.20. The lowest BCUT2D eigenvalue weighted by molar-refractivity contribution is 1.07. The number of hydrogen-bond acceptors (Lipinski definition) is 5. The third-order valence-electron chi connectivity index (χ3n) is 1.73. The molecule has 2 heterocycles. The summed E-state index contributed by atoms with van der Waals surface area (Å²) in [4.78, 5) is 13.5. The summed E-state index contributed by atoms with van der Waals surface area (Å²) in [6, 6.07) is 1.76. The van der Waals surface area contributed by atoms with Crippen LogP contribution >= 0.6 is 11.3 Å². The Kier molecular flexibility index (Phi) is 2.17. The Balaban J connectivity index is 2.51. The van der Waals surface area contributed by atoms with E-state index in [0.717, 1.165) is 15.6 Å². The minimum atomic E-state index is 0.499. The largest absolute Gasteiger partial charge is 0.384 e. The topological polar surface area (TPSA) is 64.7 Å². The van der Waals surface area contributed by atoms with Gasteiger partial charge in [0.2, 0.25) is 0 Å². The quantitative estimate of drug-likeness (QED) is 0.772. The average Bonchev–Trinajstić information content (AvgIpc) is 2.50. The minimum Gasteiger partial charge on any atom is -0.384 e. The van der Waals surface area contributed by atoms with Crippen LogP contribution in [0.3, 0.4) is 0 Å². The van der Waals surface area contributed by atoms with Crippen molar-refractivity contribution in [3.63, 3.8) is 0 Å². The highest BCUT2D eigenvalue weighted by atomic mass is 32.1. The van der Waals surface area contributed by atoms with E-state index in [4.69, 9.17) is 5.73 Å². The number of nitrogens with two attached hydrogens (primary N) is 1. The number of thiazole rings is 1. The van der Waals surface area contributed by atoms with Crippen molar-refractivity contribution >= 4 is 17.2 Å². The molecule has 4 nitrogen and oxygen atoms in total. The van der Waals surface area contributed by atoms with Crippen molar-refractivity contribution in [2.24, 2.45) is 0 Å². The average molecular weight is 206 g/mol. The van der Waals surface area contributed by atoms with Gasteiger partial charge in [0.1, 0.15) is 11.6 Å². The molecule has 0 aliphatic rings. The highest BCUT2D eigenvalue weighted by molar-refractivity contribution is 7.15. The number of rotatable bonds is 1. The van der Waals surface area contributed by atoms with Crippen molar-refractivity contribution < 1.29 is 0 Å².